The summed E-state index contributed by atoms with van der Waals surface area (Å²) in [4.78, 5) is 15.1. The molecular formula is C51H33N3S. The molecule has 10 aromatic rings. The second-order valence-electron chi connectivity index (χ2n) is 13.6. The molecule has 0 fully saturated rings. The molecule has 0 unspecified atom stereocenters. The Balaban J connectivity index is 1.11. The molecule has 8 aromatic carbocycles. The molecule has 2 aromatic heterocycles. The standard InChI is InChI=1S/C51H33N3S/c1-5-15-34(16-6-1)40-23-13-24-41(31-40)51-53-49(38-21-11-4-12-22-38)52-50(54-51)39-29-27-37(28-30-39)45-32-42(35-17-7-2-8-18-35)33-46-44-26-14-25-43(47(44)55-48(45)46)36-19-9-3-10-20-36/h1-33H. The number of hydrogen-bond donors (Lipinski definition) is 0. The van der Waals surface area contributed by atoms with E-state index in [-0.39, 0.29) is 0 Å². The van der Waals surface area contributed by atoms with Crippen LogP contribution in [0.1, 0.15) is 0 Å². The first kappa shape index (κ1) is 32.6. The topological polar surface area (TPSA) is 38.7 Å². The van der Waals surface area contributed by atoms with Gasteiger partial charge in [-0.15, -0.1) is 11.3 Å². The van der Waals surface area contributed by atoms with Crippen LogP contribution in [0.15, 0.2) is 200 Å². The highest BCUT2D eigenvalue weighted by molar-refractivity contribution is 7.26. The minimum Gasteiger partial charge on any atom is -0.208 e. The second kappa shape index (κ2) is 14.1. The first-order valence-corrected chi connectivity index (χ1v) is 19.3. The van der Waals surface area contributed by atoms with Crippen LogP contribution < -0.4 is 0 Å². The van der Waals surface area contributed by atoms with E-state index >= 15 is 0 Å². The average molecular weight is 720 g/mol. The molecule has 10 rings (SSSR count). The first-order chi connectivity index (χ1) is 27.2. The highest BCUT2D eigenvalue weighted by atomic mass is 32.1. The van der Waals surface area contributed by atoms with Crippen LogP contribution in [0.4, 0.5) is 0 Å². The van der Waals surface area contributed by atoms with Gasteiger partial charge >= 0.3 is 0 Å². The predicted octanol–water partition coefficient (Wildman–Crippen LogP) is 13.9. The number of benzene rings is 8. The van der Waals surface area contributed by atoms with Crippen LogP contribution in [0.3, 0.4) is 0 Å². The van der Waals surface area contributed by atoms with Gasteiger partial charge in [0.15, 0.2) is 17.5 Å². The Kier molecular flexibility index (Phi) is 8.36. The van der Waals surface area contributed by atoms with Crippen molar-refractivity contribution in [3.05, 3.63) is 200 Å². The average Bonchev–Trinajstić information content (AvgIpc) is 3.66. The van der Waals surface area contributed by atoms with Crippen LogP contribution in [-0.4, -0.2) is 15.0 Å². The molecule has 258 valence electrons. The summed E-state index contributed by atoms with van der Waals surface area (Å²) < 4.78 is 2.58. The Hall–Kier alpha value is -7.01. The van der Waals surface area contributed by atoms with Crippen LogP contribution in [-0.2, 0) is 0 Å². The third-order valence-electron chi connectivity index (χ3n) is 10.1. The lowest BCUT2D eigenvalue weighted by Crippen LogP contribution is -2.00. The summed E-state index contributed by atoms with van der Waals surface area (Å²) in [7, 11) is 0. The smallest absolute Gasteiger partial charge is 0.164 e. The summed E-state index contributed by atoms with van der Waals surface area (Å²) in [6, 6.07) is 70.5. The quantitative estimate of drug-likeness (QED) is 0.165. The maximum Gasteiger partial charge on any atom is 0.164 e. The molecular weight excluding hydrogens is 687 g/mol. The Morgan fingerprint density at radius 2 is 0.691 bits per heavy atom. The zero-order valence-electron chi connectivity index (χ0n) is 29.8. The summed E-state index contributed by atoms with van der Waals surface area (Å²) >= 11 is 1.87. The summed E-state index contributed by atoms with van der Waals surface area (Å²) in [6.07, 6.45) is 0. The van der Waals surface area contributed by atoms with E-state index in [0.717, 1.165) is 33.4 Å². The first-order valence-electron chi connectivity index (χ1n) is 18.4. The Labute approximate surface area is 323 Å². The molecule has 0 aliphatic carbocycles. The molecule has 0 saturated heterocycles. The maximum absolute atomic E-state index is 5.09. The summed E-state index contributed by atoms with van der Waals surface area (Å²) in [5.74, 6) is 1.92. The van der Waals surface area contributed by atoms with Gasteiger partial charge in [-0.3, -0.25) is 0 Å². The molecule has 0 radical (unpaired) electrons. The molecule has 0 amide bonds. The van der Waals surface area contributed by atoms with Gasteiger partial charge in [-0.25, -0.2) is 15.0 Å². The van der Waals surface area contributed by atoms with Crippen molar-refractivity contribution in [2.75, 3.05) is 0 Å². The van der Waals surface area contributed by atoms with Crippen LogP contribution in [0.2, 0.25) is 0 Å². The fraction of sp³-hybridized carbons (Fsp3) is 0. The SMILES string of the molecule is c1ccc(-c2cccc(-c3nc(-c4ccccc4)nc(-c4ccc(-c5cc(-c6ccccc6)cc6c5sc5c(-c7ccccc7)cccc56)cc4)n3)c2)cc1. The lowest BCUT2D eigenvalue weighted by molar-refractivity contribution is 1.07. The Morgan fingerprint density at radius 1 is 0.255 bits per heavy atom. The van der Waals surface area contributed by atoms with E-state index in [1.54, 1.807) is 0 Å². The van der Waals surface area contributed by atoms with Gasteiger partial charge in [-0.05, 0) is 57.1 Å². The van der Waals surface area contributed by atoms with Gasteiger partial charge in [0.1, 0.15) is 0 Å². The number of hydrogen-bond acceptors (Lipinski definition) is 4. The molecule has 55 heavy (non-hydrogen) atoms. The lowest BCUT2D eigenvalue weighted by atomic mass is 9.95. The van der Waals surface area contributed by atoms with E-state index in [2.05, 4.69) is 164 Å². The van der Waals surface area contributed by atoms with Gasteiger partial charge in [0.25, 0.3) is 0 Å². The summed E-state index contributed by atoms with van der Waals surface area (Å²) in [5, 5.41) is 2.55. The minimum absolute atomic E-state index is 0.637. The Bertz CT molecular complexity index is 2940. The van der Waals surface area contributed by atoms with Crippen LogP contribution in [0.25, 0.3) is 98.8 Å². The van der Waals surface area contributed by atoms with Crippen molar-refractivity contribution in [3.8, 4) is 78.7 Å². The van der Waals surface area contributed by atoms with Crippen molar-refractivity contribution < 1.29 is 0 Å². The number of aromatic nitrogens is 3. The fourth-order valence-electron chi connectivity index (χ4n) is 7.37. The van der Waals surface area contributed by atoms with E-state index in [4.69, 9.17) is 15.0 Å². The summed E-state index contributed by atoms with van der Waals surface area (Å²) in [6.45, 7) is 0. The molecule has 0 aliphatic heterocycles. The monoisotopic (exact) mass is 719 g/mol. The highest BCUT2D eigenvalue weighted by Gasteiger charge is 2.18. The van der Waals surface area contributed by atoms with E-state index in [1.807, 2.05) is 47.7 Å². The van der Waals surface area contributed by atoms with Gasteiger partial charge in [0, 0.05) is 42.4 Å². The Morgan fingerprint density at radius 3 is 1.33 bits per heavy atom. The number of fused-ring (bicyclic) bond motifs is 3. The summed E-state index contributed by atoms with van der Waals surface area (Å²) in [5.41, 5.74) is 12.3. The van der Waals surface area contributed by atoms with Gasteiger partial charge in [0.2, 0.25) is 0 Å². The van der Waals surface area contributed by atoms with Crippen molar-refractivity contribution in [2.24, 2.45) is 0 Å². The minimum atomic E-state index is 0.637. The molecule has 0 spiro atoms. The molecule has 0 aliphatic rings. The third-order valence-corrected chi connectivity index (χ3v) is 11.4. The second-order valence-corrected chi connectivity index (χ2v) is 14.6. The zero-order chi connectivity index (χ0) is 36.6. The van der Waals surface area contributed by atoms with Crippen molar-refractivity contribution in [1.29, 1.82) is 0 Å². The molecule has 0 saturated carbocycles. The zero-order valence-corrected chi connectivity index (χ0v) is 30.6. The number of thiophene rings is 1. The van der Waals surface area contributed by atoms with Crippen molar-refractivity contribution in [1.82, 2.24) is 15.0 Å². The highest BCUT2D eigenvalue weighted by Crippen LogP contribution is 2.46. The molecule has 4 heteroatoms. The van der Waals surface area contributed by atoms with Gasteiger partial charge in [0.05, 0.1) is 0 Å². The van der Waals surface area contributed by atoms with Crippen LogP contribution in [0.5, 0.6) is 0 Å². The van der Waals surface area contributed by atoms with Crippen molar-refractivity contribution >= 4 is 31.5 Å². The van der Waals surface area contributed by atoms with E-state index < -0.39 is 0 Å². The molecule has 0 N–H and O–H groups in total. The van der Waals surface area contributed by atoms with Gasteiger partial charge in [-0.1, -0.05) is 182 Å². The van der Waals surface area contributed by atoms with Gasteiger partial charge < -0.3 is 0 Å². The molecule has 0 bridgehead atoms. The van der Waals surface area contributed by atoms with Gasteiger partial charge in [-0.2, -0.15) is 0 Å². The fourth-order valence-corrected chi connectivity index (χ4v) is 8.73. The molecule has 0 atom stereocenters. The number of rotatable bonds is 7. The maximum atomic E-state index is 5.09. The predicted molar refractivity (Wildman–Crippen MR) is 231 cm³/mol. The normalized spacial score (nSPS) is 11.3. The molecule has 2 heterocycles. The van der Waals surface area contributed by atoms with E-state index in [0.29, 0.717) is 17.5 Å². The third kappa shape index (κ3) is 6.29. The largest absolute Gasteiger partial charge is 0.208 e. The van der Waals surface area contributed by atoms with Crippen molar-refractivity contribution in [3.63, 3.8) is 0 Å². The van der Waals surface area contributed by atoms with Crippen LogP contribution in [0, 0.1) is 0 Å². The van der Waals surface area contributed by atoms with Crippen molar-refractivity contribution in [2.45, 2.75) is 0 Å². The number of nitrogens with zero attached hydrogens (tertiary/aromatic N) is 3. The molecule has 3 nitrogen and oxygen atoms in total. The van der Waals surface area contributed by atoms with E-state index in [1.165, 1.54) is 48.0 Å². The lowest BCUT2D eigenvalue weighted by Gasteiger charge is -2.11. The van der Waals surface area contributed by atoms with E-state index in [9.17, 15) is 0 Å². The van der Waals surface area contributed by atoms with Crippen LogP contribution >= 0.6 is 11.3 Å².